The van der Waals surface area contributed by atoms with Crippen LogP contribution in [0.25, 0.3) is 0 Å². The van der Waals surface area contributed by atoms with E-state index in [2.05, 4.69) is 93.6 Å². The molecule has 3 atom stereocenters. The van der Waals surface area contributed by atoms with Gasteiger partial charge in [-0.25, -0.2) is 9.78 Å². The summed E-state index contributed by atoms with van der Waals surface area (Å²) in [5.74, 6) is 0.352. The lowest BCUT2D eigenvalue weighted by Gasteiger charge is -2.57. The molecular weight excluding hydrogens is 368 g/mol. The average molecular weight is 399 g/mol. The Hall–Kier alpha value is -2.42. The van der Waals surface area contributed by atoms with Gasteiger partial charge in [0.1, 0.15) is 0 Å². The molecule has 2 aliphatic heterocycles. The minimum atomic E-state index is -0.550. The molecule has 3 aliphatic rings. The Balaban J connectivity index is 1.74. The number of aryl methyl sites for hydroxylation is 2. The van der Waals surface area contributed by atoms with Gasteiger partial charge in [0, 0.05) is 5.92 Å². The van der Waals surface area contributed by atoms with Crippen molar-refractivity contribution in [3.05, 3.63) is 106 Å². The van der Waals surface area contributed by atoms with Crippen LogP contribution in [0.5, 0.6) is 0 Å². The molecule has 0 amide bonds. The Kier molecular flexibility index (Phi) is 4.80. The normalized spacial score (nSPS) is 27.1. The quantitative estimate of drug-likeness (QED) is 0.432. The van der Waals surface area contributed by atoms with Crippen LogP contribution in [0.3, 0.4) is 0 Å². The van der Waals surface area contributed by atoms with Crippen LogP contribution in [0.2, 0.25) is 0 Å². The van der Waals surface area contributed by atoms with E-state index in [0.29, 0.717) is 5.92 Å². The maximum atomic E-state index is 6.51. The lowest BCUT2D eigenvalue weighted by Crippen LogP contribution is -2.57. The molecule has 30 heavy (non-hydrogen) atoms. The van der Waals surface area contributed by atoms with Gasteiger partial charge in [-0.15, -0.1) is 0 Å². The van der Waals surface area contributed by atoms with Gasteiger partial charge in [-0.3, -0.25) is 0 Å². The van der Waals surface area contributed by atoms with Gasteiger partial charge in [0.2, 0.25) is 0 Å². The van der Waals surface area contributed by atoms with Crippen molar-refractivity contribution in [1.82, 2.24) is 0 Å². The molecule has 0 saturated carbocycles. The first-order valence-corrected chi connectivity index (χ1v) is 11.2. The molecule has 3 aromatic rings. The molecule has 6 rings (SSSR count). The Morgan fingerprint density at radius 3 is 2.00 bits per heavy atom. The summed E-state index contributed by atoms with van der Waals surface area (Å²) in [5, 5.41) is 0. The van der Waals surface area contributed by atoms with Crippen molar-refractivity contribution in [3.8, 4) is 0 Å². The fraction of sp³-hybridized carbons (Fsp3) is 0.357. The molecule has 0 radical (unpaired) electrons. The number of hydrogen-bond acceptors (Lipinski definition) is 2. The van der Waals surface area contributed by atoms with Crippen molar-refractivity contribution in [2.45, 2.75) is 57.7 Å². The summed E-state index contributed by atoms with van der Waals surface area (Å²) < 4.78 is 0. The van der Waals surface area contributed by atoms with Gasteiger partial charge >= 0.3 is 0 Å². The molecule has 2 heteroatoms. The molecule has 2 nitrogen and oxygen atoms in total. The second-order valence-electron chi connectivity index (χ2n) is 9.05. The maximum absolute atomic E-state index is 6.51. The SMILES string of the molecule is CCCCC1C[C@@]2(c3ccc(C)cc3)OO[C@]1(c1ccc(C)cc1)c1ccccc12. The predicted octanol–water partition coefficient (Wildman–Crippen LogP) is 6.96. The third-order valence-electron chi connectivity index (χ3n) is 7.09. The third kappa shape index (κ3) is 2.78. The number of benzene rings is 3. The van der Waals surface area contributed by atoms with E-state index in [0.717, 1.165) is 12.8 Å². The Morgan fingerprint density at radius 1 is 0.767 bits per heavy atom. The van der Waals surface area contributed by atoms with Gasteiger partial charge in [-0.1, -0.05) is 104 Å². The van der Waals surface area contributed by atoms with Gasteiger partial charge < -0.3 is 0 Å². The van der Waals surface area contributed by atoms with Crippen molar-refractivity contribution in [2.24, 2.45) is 5.92 Å². The molecule has 0 aromatic heterocycles. The van der Waals surface area contributed by atoms with E-state index in [1.165, 1.54) is 46.2 Å². The molecule has 3 aromatic carbocycles. The number of rotatable bonds is 5. The average Bonchev–Trinajstić information content (AvgIpc) is 2.79. The molecule has 0 spiro atoms. The molecule has 1 unspecified atom stereocenters. The van der Waals surface area contributed by atoms with Crippen LogP contribution in [0.1, 0.15) is 66.0 Å². The zero-order chi connectivity index (χ0) is 20.8. The fourth-order valence-electron chi connectivity index (χ4n) is 5.45. The molecule has 1 aliphatic carbocycles. The van der Waals surface area contributed by atoms with E-state index in [-0.39, 0.29) is 0 Å². The van der Waals surface area contributed by atoms with Crippen LogP contribution in [0, 0.1) is 19.8 Å². The van der Waals surface area contributed by atoms with Gasteiger partial charge in [-0.05, 0) is 48.9 Å². The van der Waals surface area contributed by atoms with Crippen LogP contribution in [-0.2, 0) is 21.0 Å². The van der Waals surface area contributed by atoms with Crippen molar-refractivity contribution >= 4 is 0 Å². The highest BCUT2D eigenvalue weighted by Gasteiger charge is 2.61. The summed E-state index contributed by atoms with van der Waals surface area (Å²) in [4.78, 5) is 12.9. The van der Waals surface area contributed by atoms with Crippen LogP contribution in [0.4, 0.5) is 0 Å². The summed E-state index contributed by atoms with van der Waals surface area (Å²) >= 11 is 0. The lowest BCUT2D eigenvalue weighted by atomic mass is 9.59. The van der Waals surface area contributed by atoms with Crippen molar-refractivity contribution < 1.29 is 9.78 Å². The summed E-state index contributed by atoms with van der Waals surface area (Å²) in [6, 6.07) is 26.3. The minimum absolute atomic E-state index is 0.352. The summed E-state index contributed by atoms with van der Waals surface area (Å²) in [5.41, 5.74) is 6.29. The Labute approximate surface area is 179 Å². The number of unbranched alkanes of at least 4 members (excludes halogenated alkanes) is 1. The highest BCUT2D eigenvalue weighted by Crippen LogP contribution is 2.62. The Bertz CT molecular complexity index is 1040. The van der Waals surface area contributed by atoms with Gasteiger partial charge in [0.15, 0.2) is 11.2 Å². The van der Waals surface area contributed by atoms with Crippen LogP contribution in [0.15, 0.2) is 72.8 Å². The summed E-state index contributed by atoms with van der Waals surface area (Å²) in [6.45, 7) is 6.52. The lowest BCUT2D eigenvalue weighted by molar-refractivity contribution is -0.458. The van der Waals surface area contributed by atoms with Crippen molar-refractivity contribution in [3.63, 3.8) is 0 Å². The van der Waals surface area contributed by atoms with Crippen molar-refractivity contribution in [2.75, 3.05) is 0 Å². The van der Waals surface area contributed by atoms with Crippen LogP contribution in [-0.4, -0.2) is 0 Å². The third-order valence-corrected chi connectivity index (χ3v) is 7.09. The highest BCUT2D eigenvalue weighted by molar-refractivity contribution is 5.53. The van der Waals surface area contributed by atoms with E-state index in [9.17, 15) is 0 Å². The molecule has 2 bridgehead atoms. The number of fused-ring (bicyclic) bond motifs is 2. The van der Waals surface area contributed by atoms with Gasteiger partial charge in [0.25, 0.3) is 0 Å². The van der Waals surface area contributed by atoms with E-state index < -0.39 is 11.2 Å². The summed E-state index contributed by atoms with van der Waals surface area (Å²) in [6.07, 6.45) is 4.42. The molecule has 1 fully saturated rings. The fourth-order valence-corrected chi connectivity index (χ4v) is 5.45. The Morgan fingerprint density at radius 2 is 1.37 bits per heavy atom. The molecular formula is C28H30O2. The molecule has 154 valence electrons. The topological polar surface area (TPSA) is 18.5 Å². The van der Waals surface area contributed by atoms with Gasteiger partial charge in [0.05, 0.1) is 0 Å². The van der Waals surface area contributed by atoms with E-state index >= 15 is 0 Å². The molecule has 0 N–H and O–H groups in total. The standard InChI is InChI=1S/C28H30O2/c1-4-5-8-24-19-27(22-15-11-20(2)12-16-22)25-9-6-7-10-26(25)28(24,30-29-27)23-17-13-21(3)14-18-23/h6-7,9-18,24H,4-5,8,19H2,1-3H3/t24?,27-,28-/m0/s1. The minimum Gasteiger partial charge on any atom is -0.219 e. The van der Waals surface area contributed by atoms with Gasteiger partial charge in [-0.2, -0.15) is 0 Å². The van der Waals surface area contributed by atoms with Crippen molar-refractivity contribution in [1.29, 1.82) is 0 Å². The zero-order valence-electron chi connectivity index (χ0n) is 18.2. The van der Waals surface area contributed by atoms with Crippen LogP contribution < -0.4 is 0 Å². The second-order valence-corrected chi connectivity index (χ2v) is 9.05. The smallest absolute Gasteiger partial charge is 0.157 e. The first kappa shape index (κ1) is 19.5. The summed E-state index contributed by atoms with van der Waals surface area (Å²) in [7, 11) is 0. The van der Waals surface area contributed by atoms with E-state index in [4.69, 9.17) is 9.78 Å². The zero-order valence-corrected chi connectivity index (χ0v) is 18.2. The molecule has 1 saturated heterocycles. The molecule has 2 heterocycles. The maximum Gasteiger partial charge on any atom is 0.157 e. The van der Waals surface area contributed by atoms with E-state index in [1.807, 2.05) is 0 Å². The van der Waals surface area contributed by atoms with E-state index in [1.54, 1.807) is 0 Å². The highest BCUT2D eigenvalue weighted by atomic mass is 17.2. The monoisotopic (exact) mass is 398 g/mol. The predicted molar refractivity (Wildman–Crippen MR) is 120 cm³/mol. The van der Waals surface area contributed by atoms with Crippen LogP contribution >= 0.6 is 0 Å². The first-order chi connectivity index (χ1) is 14.6. The number of hydrogen-bond donors (Lipinski definition) is 0. The first-order valence-electron chi connectivity index (χ1n) is 11.2. The largest absolute Gasteiger partial charge is 0.219 e. The second kappa shape index (κ2) is 7.37.